The first kappa shape index (κ1) is 14.1. The molecule has 0 aromatic carbocycles. The maximum atomic E-state index is 11.5. The number of methoxy groups -OCH3 is 1. The van der Waals surface area contributed by atoms with Gasteiger partial charge < -0.3 is 18.5 Å². The second-order valence-corrected chi connectivity index (χ2v) is 5.63. The van der Waals surface area contributed by atoms with Crippen LogP contribution in [0.2, 0.25) is 0 Å². The fourth-order valence-corrected chi connectivity index (χ4v) is 1.32. The Bertz CT molecular complexity index is 196. The van der Waals surface area contributed by atoms with E-state index in [0.717, 1.165) is 0 Å². The largest absolute Gasteiger partial charge is 0.376 e. The Morgan fingerprint density at radius 2 is 1.64 bits per heavy atom. The van der Waals surface area contributed by atoms with Crippen LogP contribution in [0.1, 0.15) is 13.8 Å². The van der Waals surface area contributed by atoms with Gasteiger partial charge in [0.2, 0.25) is 0 Å². The van der Waals surface area contributed by atoms with Crippen molar-refractivity contribution >= 4 is 7.60 Å². The number of ether oxygens (including phenoxy) is 2. The van der Waals surface area contributed by atoms with Crippen LogP contribution in [0.25, 0.3) is 0 Å². The summed E-state index contributed by atoms with van der Waals surface area (Å²) in [5, 5.41) is 0. The smallest absolute Gasteiger partial charge is 0.355 e. The van der Waals surface area contributed by atoms with Crippen molar-refractivity contribution in [1.82, 2.24) is 0 Å². The number of hydrogen-bond acceptors (Lipinski definition) is 5. The molecule has 86 valence electrons. The van der Waals surface area contributed by atoms with Gasteiger partial charge in [-0.15, -0.1) is 0 Å². The minimum absolute atomic E-state index is 0.0627. The third-order valence-corrected chi connectivity index (χ3v) is 3.42. The Kier molecular flexibility index (Phi) is 5.86. The van der Waals surface area contributed by atoms with Gasteiger partial charge in [-0.1, -0.05) is 0 Å². The second-order valence-electron chi connectivity index (χ2n) is 3.42. The fourth-order valence-electron chi connectivity index (χ4n) is 0.642. The Morgan fingerprint density at radius 3 is 2.00 bits per heavy atom. The van der Waals surface area contributed by atoms with Crippen molar-refractivity contribution in [2.24, 2.45) is 0 Å². The molecule has 0 aliphatic heterocycles. The number of hydrogen-bond donors (Lipinski definition) is 0. The van der Waals surface area contributed by atoms with Gasteiger partial charge in [-0.3, -0.25) is 4.57 Å². The highest BCUT2D eigenvalue weighted by Crippen LogP contribution is 2.46. The summed E-state index contributed by atoms with van der Waals surface area (Å²) in [7, 11) is 1.19. The Labute approximate surface area is 85.2 Å². The molecule has 5 nitrogen and oxygen atoms in total. The van der Waals surface area contributed by atoms with Crippen LogP contribution in [0, 0.1) is 0 Å². The summed E-state index contributed by atoms with van der Waals surface area (Å²) in [4.78, 5) is 0. The molecule has 0 spiro atoms. The van der Waals surface area contributed by atoms with E-state index in [9.17, 15) is 4.57 Å². The van der Waals surface area contributed by atoms with E-state index >= 15 is 0 Å². The van der Waals surface area contributed by atoms with Gasteiger partial charge in [-0.05, 0) is 13.8 Å². The highest BCUT2D eigenvalue weighted by atomic mass is 31.2. The third-order valence-electron chi connectivity index (χ3n) is 1.81. The molecule has 0 bridgehead atoms. The zero-order valence-electron chi connectivity index (χ0n) is 9.40. The molecule has 0 aliphatic rings. The van der Waals surface area contributed by atoms with E-state index in [1.165, 1.54) is 14.2 Å². The van der Waals surface area contributed by atoms with E-state index in [1.807, 2.05) is 13.8 Å². The lowest BCUT2D eigenvalue weighted by molar-refractivity contribution is -0.0439. The molecule has 0 rings (SSSR count). The van der Waals surface area contributed by atoms with Crippen LogP contribution in [0.3, 0.4) is 0 Å². The fraction of sp³-hybridized carbons (Fsp3) is 1.00. The molecule has 0 aromatic rings. The average Bonchev–Trinajstić information content (AvgIpc) is 2.17. The van der Waals surface area contributed by atoms with Crippen LogP contribution in [0.15, 0.2) is 0 Å². The average molecular weight is 226 g/mol. The predicted molar refractivity (Wildman–Crippen MR) is 53.5 cm³/mol. The van der Waals surface area contributed by atoms with Crippen LogP contribution < -0.4 is 0 Å². The van der Waals surface area contributed by atoms with Crippen molar-refractivity contribution in [3.8, 4) is 0 Å². The van der Waals surface area contributed by atoms with Crippen molar-refractivity contribution < 1.29 is 23.1 Å². The molecule has 0 saturated carbocycles. The minimum Gasteiger partial charge on any atom is -0.376 e. The molecule has 0 aromatic heterocycles. The molecule has 0 amide bonds. The first-order chi connectivity index (χ1) is 6.39. The second kappa shape index (κ2) is 5.83. The molecule has 6 heteroatoms. The van der Waals surface area contributed by atoms with E-state index in [1.54, 1.807) is 7.11 Å². The Balaban J connectivity index is 3.90. The normalized spacial score (nSPS) is 13.2. The zero-order valence-corrected chi connectivity index (χ0v) is 10.3. The monoisotopic (exact) mass is 226 g/mol. The summed E-state index contributed by atoms with van der Waals surface area (Å²) in [6.45, 7) is 4.08. The maximum absolute atomic E-state index is 11.5. The lowest BCUT2D eigenvalue weighted by Gasteiger charge is -2.23. The first-order valence-corrected chi connectivity index (χ1v) is 5.95. The van der Waals surface area contributed by atoms with E-state index in [0.29, 0.717) is 6.61 Å². The summed E-state index contributed by atoms with van der Waals surface area (Å²) in [5.41, 5.74) is -0.397. The van der Waals surface area contributed by atoms with E-state index < -0.39 is 13.2 Å². The maximum Gasteiger partial charge on any atom is 0.355 e. The van der Waals surface area contributed by atoms with Crippen molar-refractivity contribution in [3.63, 3.8) is 0 Å². The van der Waals surface area contributed by atoms with Gasteiger partial charge >= 0.3 is 7.60 Å². The molecule has 0 N–H and O–H groups in total. The minimum atomic E-state index is -3.06. The van der Waals surface area contributed by atoms with Crippen LogP contribution in [-0.2, 0) is 23.1 Å². The van der Waals surface area contributed by atoms with Crippen LogP contribution in [0.5, 0.6) is 0 Å². The van der Waals surface area contributed by atoms with E-state index in [-0.39, 0.29) is 6.35 Å². The van der Waals surface area contributed by atoms with Gasteiger partial charge in [0.05, 0.1) is 12.2 Å². The molecular formula is C8H19O5P. The number of rotatable bonds is 7. The highest BCUT2D eigenvalue weighted by molar-refractivity contribution is 7.53. The standard InChI is InChI=1S/C8H19O5P/c1-8(2,10-3)6-13-7-14(9,11-4)12-5/h6-7H2,1-5H3. The quantitative estimate of drug-likeness (QED) is 0.620. The molecule has 0 atom stereocenters. The highest BCUT2D eigenvalue weighted by Gasteiger charge is 2.24. The summed E-state index contributed by atoms with van der Waals surface area (Å²) in [6, 6.07) is 0. The van der Waals surface area contributed by atoms with Gasteiger partial charge in [0.15, 0.2) is 0 Å². The topological polar surface area (TPSA) is 54.0 Å². The van der Waals surface area contributed by atoms with Crippen molar-refractivity contribution in [2.75, 3.05) is 34.3 Å². The van der Waals surface area contributed by atoms with Gasteiger partial charge in [0, 0.05) is 21.3 Å². The third kappa shape index (κ3) is 5.08. The van der Waals surface area contributed by atoms with E-state index in [4.69, 9.17) is 18.5 Å². The molecule has 14 heavy (non-hydrogen) atoms. The molecule has 0 fully saturated rings. The van der Waals surface area contributed by atoms with Crippen LogP contribution in [0.4, 0.5) is 0 Å². The van der Waals surface area contributed by atoms with E-state index in [2.05, 4.69) is 0 Å². The Morgan fingerprint density at radius 1 is 1.14 bits per heavy atom. The van der Waals surface area contributed by atoms with Crippen LogP contribution >= 0.6 is 7.60 Å². The van der Waals surface area contributed by atoms with Gasteiger partial charge in [-0.25, -0.2) is 0 Å². The summed E-state index contributed by atoms with van der Waals surface area (Å²) < 4.78 is 31.2. The molecule has 0 heterocycles. The van der Waals surface area contributed by atoms with Crippen molar-refractivity contribution in [2.45, 2.75) is 19.4 Å². The summed E-state index contributed by atoms with van der Waals surface area (Å²) in [6.07, 6.45) is -0.0627. The predicted octanol–water partition coefficient (Wildman–Crippen LogP) is 1.87. The Hall–Kier alpha value is 0.0700. The van der Waals surface area contributed by atoms with Crippen LogP contribution in [-0.4, -0.2) is 39.9 Å². The molecular weight excluding hydrogens is 207 g/mol. The van der Waals surface area contributed by atoms with Gasteiger partial charge in [-0.2, -0.15) is 0 Å². The molecule has 0 aliphatic carbocycles. The molecule has 0 radical (unpaired) electrons. The molecule has 0 saturated heterocycles. The lowest BCUT2D eigenvalue weighted by Crippen LogP contribution is -2.29. The zero-order chi connectivity index (χ0) is 11.2. The first-order valence-electron chi connectivity index (χ1n) is 4.22. The molecule has 0 unspecified atom stereocenters. The SMILES string of the molecule is COC(C)(C)COCP(=O)(OC)OC. The summed E-state index contributed by atoms with van der Waals surface area (Å²) in [5.74, 6) is 0. The van der Waals surface area contributed by atoms with Gasteiger partial charge in [0.1, 0.15) is 6.35 Å². The van der Waals surface area contributed by atoms with Gasteiger partial charge in [0.25, 0.3) is 0 Å². The lowest BCUT2D eigenvalue weighted by atomic mass is 10.2. The summed E-state index contributed by atoms with van der Waals surface area (Å²) >= 11 is 0. The van der Waals surface area contributed by atoms with Crippen molar-refractivity contribution in [1.29, 1.82) is 0 Å². The van der Waals surface area contributed by atoms with Crippen molar-refractivity contribution in [3.05, 3.63) is 0 Å².